The van der Waals surface area contributed by atoms with Crippen molar-refractivity contribution in [3.05, 3.63) is 70.1 Å². The number of benzene rings is 2. The molecule has 0 aliphatic rings. The Kier molecular flexibility index (Phi) is 8.40. The molecule has 0 bridgehead atoms. The summed E-state index contributed by atoms with van der Waals surface area (Å²) in [5.74, 6) is 2.93. The van der Waals surface area contributed by atoms with Crippen molar-refractivity contribution < 1.29 is 19.0 Å². The minimum Gasteiger partial charge on any atom is -0.496 e. The third kappa shape index (κ3) is 5.68. The molecule has 0 atom stereocenters. The summed E-state index contributed by atoms with van der Waals surface area (Å²) in [6, 6.07) is 15.1. The van der Waals surface area contributed by atoms with E-state index in [1.807, 2.05) is 32.9 Å². The maximum atomic E-state index is 10.1. The van der Waals surface area contributed by atoms with Gasteiger partial charge in [0.2, 0.25) is 5.89 Å². The molecule has 0 unspecified atom stereocenters. The number of rotatable bonds is 9. The molecule has 0 aliphatic carbocycles. The van der Waals surface area contributed by atoms with E-state index in [0.29, 0.717) is 45.0 Å². The SMILES string of the molecule is COc1cc(C)c(-c2nc(CSc3nc(N)c(C#N)c(-c4ccc(OCCO)cc4)c3C#N)c(C)o2)cc1C. The van der Waals surface area contributed by atoms with Crippen molar-refractivity contribution in [2.24, 2.45) is 0 Å². The first-order chi connectivity index (χ1) is 18.8. The molecule has 0 saturated heterocycles. The van der Waals surface area contributed by atoms with Crippen LogP contribution in [0.4, 0.5) is 5.82 Å². The Hall–Kier alpha value is -4.51. The van der Waals surface area contributed by atoms with Crippen molar-refractivity contribution in [1.82, 2.24) is 9.97 Å². The molecule has 0 radical (unpaired) electrons. The van der Waals surface area contributed by atoms with Crippen LogP contribution in [0.5, 0.6) is 11.5 Å². The van der Waals surface area contributed by atoms with Gasteiger partial charge in [0.1, 0.15) is 52.4 Å². The van der Waals surface area contributed by atoms with Crippen LogP contribution in [0.15, 0.2) is 45.8 Å². The zero-order valence-corrected chi connectivity index (χ0v) is 22.8. The number of aryl methyl sites for hydroxylation is 3. The monoisotopic (exact) mass is 541 g/mol. The summed E-state index contributed by atoms with van der Waals surface area (Å²) in [5, 5.41) is 29.3. The lowest BCUT2D eigenvalue weighted by atomic mass is 9.97. The summed E-state index contributed by atoms with van der Waals surface area (Å²) in [6.45, 7) is 5.84. The van der Waals surface area contributed by atoms with E-state index in [1.165, 1.54) is 11.8 Å². The first-order valence-corrected chi connectivity index (χ1v) is 13.0. The van der Waals surface area contributed by atoms with Gasteiger partial charge in [-0.2, -0.15) is 10.5 Å². The molecule has 4 aromatic rings. The molecule has 0 fully saturated rings. The Morgan fingerprint density at radius 2 is 1.74 bits per heavy atom. The number of aromatic nitrogens is 2. The molecule has 2 aromatic carbocycles. The van der Waals surface area contributed by atoms with Gasteiger partial charge in [-0.05, 0) is 61.7 Å². The average molecular weight is 542 g/mol. The number of nitrogens with zero attached hydrogens (tertiary/aromatic N) is 4. The highest BCUT2D eigenvalue weighted by Crippen LogP contribution is 2.38. The summed E-state index contributed by atoms with van der Waals surface area (Å²) in [5.41, 5.74) is 11.1. The van der Waals surface area contributed by atoms with Crippen molar-refractivity contribution in [2.45, 2.75) is 31.6 Å². The Bertz CT molecular complexity index is 1600. The molecule has 4 rings (SSSR count). The lowest BCUT2D eigenvalue weighted by Crippen LogP contribution is -2.04. The van der Waals surface area contributed by atoms with Gasteiger partial charge in [-0.25, -0.2) is 9.97 Å². The lowest BCUT2D eigenvalue weighted by molar-refractivity contribution is 0.201. The van der Waals surface area contributed by atoms with Gasteiger partial charge in [0.05, 0.1) is 25.0 Å². The molecule has 0 spiro atoms. The number of oxazole rings is 1. The van der Waals surface area contributed by atoms with Crippen molar-refractivity contribution in [1.29, 1.82) is 10.5 Å². The first kappa shape index (κ1) is 27.5. The number of nitrogen functional groups attached to an aromatic ring is 1. The number of hydrogen-bond acceptors (Lipinski definition) is 10. The van der Waals surface area contributed by atoms with E-state index in [0.717, 1.165) is 22.4 Å². The quantitative estimate of drug-likeness (QED) is 0.266. The highest BCUT2D eigenvalue weighted by molar-refractivity contribution is 7.98. The van der Waals surface area contributed by atoms with E-state index in [1.54, 1.807) is 31.4 Å². The van der Waals surface area contributed by atoms with Gasteiger partial charge in [-0.15, -0.1) is 0 Å². The van der Waals surface area contributed by atoms with Crippen molar-refractivity contribution in [2.75, 3.05) is 26.1 Å². The zero-order chi connectivity index (χ0) is 28.1. The lowest BCUT2D eigenvalue weighted by Gasteiger charge is -2.13. The second-order valence-electron chi connectivity index (χ2n) is 8.69. The zero-order valence-electron chi connectivity index (χ0n) is 22.0. The number of methoxy groups -OCH3 is 1. The molecule has 198 valence electrons. The van der Waals surface area contributed by atoms with Crippen LogP contribution < -0.4 is 15.2 Å². The fraction of sp³-hybridized carbons (Fsp3) is 0.241. The number of ether oxygens (including phenoxy) is 2. The summed E-state index contributed by atoms with van der Waals surface area (Å²) in [4.78, 5) is 9.11. The second-order valence-corrected chi connectivity index (χ2v) is 9.66. The highest BCUT2D eigenvalue weighted by Gasteiger charge is 2.22. The Morgan fingerprint density at radius 1 is 1.03 bits per heavy atom. The van der Waals surface area contributed by atoms with Crippen LogP contribution in [0, 0.1) is 43.4 Å². The van der Waals surface area contributed by atoms with E-state index in [2.05, 4.69) is 17.1 Å². The normalized spacial score (nSPS) is 10.6. The van der Waals surface area contributed by atoms with E-state index >= 15 is 0 Å². The fourth-order valence-electron chi connectivity index (χ4n) is 4.13. The number of aliphatic hydroxyl groups is 1. The molecule has 3 N–H and O–H groups in total. The molecule has 0 amide bonds. The van der Waals surface area contributed by atoms with Crippen molar-refractivity contribution in [3.8, 4) is 46.2 Å². The van der Waals surface area contributed by atoms with Gasteiger partial charge in [-0.3, -0.25) is 0 Å². The van der Waals surface area contributed by atoms with Crippen LogP contribution in [0.3, 0.4) is 0 Å². The minimum atomic E-state index is -0.105. The maximum Gasteiger partial charge on any atom is 0.226 e. The van der Waals surface area contributed by atoms with Crippen LogP contribution in [-0.2, 0) is 5.75 Å². The molecule has 0 aliphatic heterocycles. The van der Waals surface area contributed by atoms with E-state index < -0.39 is 0 Å². The maximum absolute atomic E-state index is 10.1. The molecular weight excluding hydrogens is 514 g/mol. The fourth-order valence-corrected chi connectivity index (χ4v) is 5.12. The number of anilines is 1. The Labute approximate surface area is 230 Å². The molecule has 9 nitrogen and oxygen atoms in total. The van der Waals surface area contributed by atoms with Gasteiger partial charge in [0, 0.05) is 16.9 Å². The van der Waals surface area contributed by atoms with Gasteiger partial charge in [0.25, 0.3) is 0 Å². The van der Waals surface area contributed by atoms with Crippen LogP contribution >= 0.6 is 11.8 Å². The number of nitrogens with two attached hydrogens (primary N) is 1. The molecule has 2 aromatic heterocycles. The van der Waals surface area contributed by atoms with Crippen molar-refractivity contribution in [3.63, 3.8) is 0 Å². The number of thioether (sulfide) groups is 1. The summed E-state index contributed by atoms with van der Waals surface area (Å²) in [7, 11) is 1.64. The van der Waals surface area contributed by atoms with E-state index in [-0.39, 0.29) is 30.2 Å². The van der Waals surface area contributed by atoms with Crippen molar-refractivity contribution >= 4 is 17.6 Å². The molecular formula is C29H27N5O4S. The predicted molar refractivity (Wildman–Crippen MR) is 148 cm³/mol. The first-order valence-electron chi connectivity index (χ1n) is 12.0. The molecule has 10 heteroatoms. The van der Waals surface area contributed by atoms with Gasteiger partial charge in [0.15, 0.2) is 0 Å². The number of pyridine rings is 1. The summed E-state index contributed by atoms with van der Waals surface area (Å²) < 4.78 is 16.8. The highest BCUT2D eigenvalue weighted by atomic mass is 32.2. The number of hydrogen-bond donors (Lipinski definition) is 2. The van der Waals surface area contributed by atoms with Crippen LogP contribution in [0.25, 0.3) is 22.6 Å². The predicted octanol–water partition coefficient (Wildman–Crippen LogP) is 5.33. The van der Waals surface area contributed by atoms with Gasteiger partial charge in [-0.1, -0.05) is 23.9 Å². The molecule has 2 heterocycles. The molecule has 0 saturated carbocycles. The minimum absolute atomic E-state index is 0.0384. The third-order valence-electron chi connectivity index (χ3n) is 6.13. The number of nitriles is 2. The standard InChI is InChI=1S/C29H27N5O4S/c1-16-12-25(36-4)17(2)11-21(16)28-33-24(18(3)38-28)15-39-29-23(14-31)26(22(13-30)27(32)34-29)19-5-7-20(8-6-19)37-10-9-35/h5-8,11-12,35H,9-10,15H2,1-4H3,(H2,32,34). The van der Waals surface area contributed by atoms with E-state index in [9.17, 15) is 10.5 Å². The number of aliphatic hydroxyl groups excluding tert-OH is 1. The van der Waals surface area contributed by atoms with Crippen LogP contribution in [-0.4, -0.2) is 35.4 Å². The van der Waals surface area contributed by atoms with Gasteiger partial charge < -0.3 is 24.7 Å². The second kappa shape index (κ2) is 11.9. The smallest absolute Gasteiger partial charge is 0.226 e. The largest absolute Gasteiger partial charge is 0.496 e. The van der Waals surface area contributed by atoms with Gasteiger partial charge >= 0.3 is 0 Å². The average Bonchev–Trinajstić information content (AvgIpc) is 3.31. The topological polar surface area (TPSA) is 151 Å². The van der Waals surface area contributed by atoms with Crippen LogP contribution in [0.1, 0.15) is 33.7 Å². The van der Waals surface area contributed by atoms with Crippen LogP contribution in [0.2, 0.25) is 0 Å². The molecule has 39 heavy (non-hydrogen) atoms. The summed E-state index contributed by atoms with van der Waals surface area (Å²) in [6.07, 6.45) is 0. The Morgan fingerprint density at radius 3 is 2.38 bits per heavy atom. The third-order valence-corrected chi connectivity index (χ3v) is 7.12. The Balaban J connectivity index is 1.67. The van der Waals surface area contributed by atoms with E-state index in [4.69, 9.17) is 29.7 Å². The summed E-state index contributed by atoms with van der Waals surface area (Å²) >= 11 is 1.30.